The predicted molar refractivity (Wildman–Crippen MR) is 57.4 cm³/mol. The molecule has 0 unspecified atom stereocenters. The van der Waals surface area contributed by atoms with Gasteiger partial charge in [0.05, 0.1) is 12.3 Å². The van der Waals surface area contributed by atoms with Gasteiger partial charge in [0.25, 0.3) is 10.0 Å². The van der Waals surface area contributed by atoms with E-state index in [0.717, 1.165) is 12.8 Å². The summed E-state index contributed by atoms with van der Waals surface area (Å²) < 4.78 is 30.8. The number of ether oxygens (including phenoxy) is 1. The number of hydrogen-bond donors (Lipinski definition) is 1. The Hall–Kier alpha value is -0.920. The van der Waals surface area contributed by atoms with Crippen LogP contribution in [0.4, 0.5) is 0 Å². The topological polar surface area (TPSA) is 75.3 Å². The van der Waals surface area contributed by atoms with Crippen LogP contribution in [0.25, 0.3) is 0 Å². The maximum absolute atomic E-state index is 12.1. The van der Waals surface area contributed by atoms with Crippen molar-refractivity contribution in [2.45, 2.75) is 24.0 Å². The van der Waals surface area contributed by atoms with Crippen LogP contribution in [-0.4, -0.2) is 49.2 Å². The van der Waals surface area contributed by atoms with Crippen LogP contribution in [0.3, 0.4) is 0 Å². The number of nitrogens with zero attached hydrogens (tertiary/aromatic N) is 2. The summed E-state index contributed by atoms with van der Waals surface area (Å²) in [6, 6.07) is 1.47. The number of hydrogen-bond acceptors (Lipinski definition) is 4. The van der Waals surface area contributed by atoms with E-state index in [1.54, 1.807) is 7.11 Å². The van der Waals surface area contributed by atoms with Crippen molar-refractivity contribution in [3.05, 3.63) is 12.3 Å². The Morgan fingerprint density at radius 1 is 1.50 bits per heavy atom. The van der Waals surface area contributed by atoms with E-state index in [9.17, 15) is 8.42 Å². The Kier molecular flexibility index (Phi) is 3.27. The van der Waals surface area contributed by atoms with Crippen molar-refractivity contribution in [3.8, 4) is 0 Å². The van der Waals surface area contributed by atoms with Crippen molar-refractivity contribution >= 4 is 10.0 Å². The summed E-state index contributed by atoms with van der Waals surface area (Å²) in [5.74, 6) is 0. The Morgan fingerprint density at radius 2 is 2.19 bits per heavy atom. The van der Waals surface area contributed by atoms with Crippen LogP contribution in [0.15, 0.2) is 17.3 Å². The highest BCUT2D eigenvalue weighted by Crippen LogP contribution is 2.19. The van der Waals surface area contributed by atoms with Gasteiger partial charge in [0.2, 0.25) is 0 Å². The molecule has 90 valence electrons. The average molecular weight is 245 g/mol. The lowest BCUT2D eigenvalue weighted by atomic mass is 10.1. The molecule has 7 heteroatoms. The molecule has 2 rings (SSSR count). The monoisotopic (exact) mass is 245 g/mol. The van der Waals surface area contributed by atoms with Gasteiger partial charge in [0.1, 0.15) is 0 Å². The lowest BCUT2D eigenvalue weighted by Gasteiger charge is -2.29. The first-order chi connectivity index (χ1) is 7.64. The number of piperidine rings is 1. The maximum Gasteiger partial charge on any atom is 0.259 e. The van der Waals surface area contributed by atoms with Gasteiger partial charge in [-0.1, -0.05) is 0 Å². The highest BCUT2D eigenvalue weighted by molar-refractivity contribution is 7.89. The van der Waals surface area contributed by atoms with Gasteiger partial charge in [0.15, 0.2) is 5.03 Å². The van der Waals surface area contributed by atoms with Crippen LogP contribution in [0.1, 0.15) is 12.8 Å². The summed E-state index contributed by atoms with van der Waals surface area (Å²) in [6.07, 6.45) is 3.09. The van der Waals surface area contributed by atoms with E-state index >= 15 is 0 Å². The Morgan fingerprint density at radius 3 is 2.69 bits per heavy atom. The molecule has 1 aliphatic heterocycles. The largest absolute Gasteiger partial charge is 0.381 e. The molecular weight excluding hydrogens is 230 g/mol. The minimum absolute atomic E-state index is 0.156. The molecule has 1 saturated heterocycles. The number of methoxy groups -OCH3 is 1. The van der Waals surface area contributed by atoms with Gasteiger partial charge in [0, 0.05) is 20.2 Å². The highest BCUT2D eigenvalue weighted by atomic mass is 32.2. The van der Waals surface area contributed by atoms with E-state index in [2.05, 4.69) is 10.2 Å². The molecule has 0 atom stereocenters. The van der Waals surface area contributed by atoms with Crippen molar-refractivity contribution in [2.75, 3.05) is 20.2 Å². The molecule has 1 aliphatic rings. The van der Waals surface area contributed by atoms with Gasteiger partial charge in [-0.15, -0.1) is 0 Å². The van der Waals surface area contributed by atoms with Gasteiger partial charge >= 0.3 is 0 Å². The molecule has 0 spiro atoms. The summed E-state index contributed by atoms with van der Waals surface area (Å²) in [5, 5.41) is 6.30. The lowest BCUT2D eigenvalue weighted by molar-refractivity contribution is 0.0604. The third kappa shape index (κ3) is 2.11. The zero-order valence-electron chi connectivity index (χ0n) is 9.09. The molecule has 0 bridgehead atoms. The van der Waals surface area contributed by atoms with Crippen molar-refractivity contribution in [3.63, 3.8) is 0 Å². The number of nitrogens with one attached hydrogen (secondary N) is 1. The second-order valence-corrected chi connectivity index (χ2v) is 5.67. The van der Waals surface area contributed by atoms with Gasteiger partial charge in [-0.25, -0.2) is 8.42 Å². The maximum atomic E-state index is 12.1. The van der Waals surface area contributed by atoms with E-state index in [-0.39, 0.29) is 11.1 Å². The smallest absolute Gasteiger partial charge is 0.259 e. The average Bonchev–Trinajstić information content (AvgIpc) is 2.83. The molecule has 0 radical (unpaired) electrons. The number of rotatable bonds is 3. The van der Waals surface area contributed by atoms with Crippen molar-refractivity contribution in [1.82, 2.24) is 14.5 Å². The van der Waals surface area contributed by atoms with Crippen LogP contribution in [0.5, 0.6) is 0 Å². The lowest BCUT2D eigenvalue weighted by Crippen LogP contribution is -2.40. The van der Waals surface area contributed by atoms with Gasteiger partial charge in [-0.05, 0) is 18.9 Å². The van der Waals surface area contributed by atoms with Gasteiger partial charge in [-0.3, -0.25) is 5.10 Å². The van der Waals surface area contributed by atoms with E-state index < -0.39 is 10.0 Å². The zero-order valence-corrected chi connectivity index (χ0v) is 9.90. The third-order valence-corrected chi connectivity index (χ3v) is 4.66. The minimum atomic E-state index is -3.39. The van der Waals surface area contributed by atoms with Gasteiger partial charge < -0.3 is 4.74 Å². The molecule has 0 aromatic carbocycles. The van der Waals surface area contributed by atoms with E-state index in [0.29, 0.717) is 13.1 Å². The number of sulfonamides is 1. The van der Waals surface area contributed by atoms with Crippen molar-refractivity contribution in [1.29, 1.82) is 0 Å². The van der Waals surface area contributed by atoms with Crippen LogP contribution in [0, 0.1) is 0 Å². The first-order valence-corrected chi connectivity index (χ1v) is 6.61. The molecular formula is C9H15N3O3S. The van der Waals surface area contributed by atoms with Crippen molar-refractivity contribution < 1.29 is 13.2 Å². The Labute approximate surface area is 94.6 Å². The third-order valence-electron chi connectivity index (χ3n) is 2.83. The van der Waals surface area contributed by atoms with Crippen LogP contribution in [-0.2, 0) is 14.8 Å². The molecule has 1 aromatic heterocycles. The zero-order chi connectivity index (χ0) is 11.6. The Bertz CT molecular complexity index is 421. The molecule has 16 heavy (non-hydrogen) atoms. The standard InChI is InChI=1S/C9H15N3O3S/c1-15-8-3-6-12(7-4-8)16(13,14)9-2-5-10-11-9/h2,5,8H,3-4,6-7H2,1H3,(H,10,11). The first-order valence-electron chi connectivity index (χ1n) is 5.17. The quantitative estimate of drug-likeness (QED) is 0.826. The van der Waals surface area contributed by atoms with E-state index in [1.165, 1.54) is 16.6 Å². The van der Waals surface area contributed by atoms with Crippen LogP contribution < -0.4 is 0 Å². The molecule has 0 amide bonds. The van der Waals surface area contributed by atoms with E-state index in [1.807, 2.05) is 0 Å². The minimum Gasteiger partial charge on any atom is -0.381 e. The second-order valence-electron chi connectivity index (χ2n) is 3.76. The molecule has 1 aromatic rings. The molecule has 6 nitrogen and oxygen atoms in total. The normalized spacial score (nSPS) is 20.1. The fraction of sp³-hybridized carbons (Fsp3) is 0.667. The summed E-state index contributed by atoms with van der Waals surface area (Å²) in [7, 11) is -1.73. The van der Waals surface area contributed by atoms with E-state index in [4.69, 9.17) is 4.74 Å². The number of H-pyrrole nitrogens is 1. The number of aromatic amines is 1. The fourth-order valence-corrected chi connectivity index (χ4v) is 3.20. The van der Waals surface area contributed by atoms with Crippen LogP contribution in [0.2, 0.25) is 0 Å². The highest BCUT2D eigenvalue weighted by Gasteiger charge is 2.29. The summed E-state index contributed by atoms with van der Waals surface area (Å²) in [5.41, 5.74) is 0. The summed E-state index contributed by atoms with van der Waals surface area (Å²) in [4.78, 5) is 0. The predicted octanol–water partition coefficient (Wildman–Crippen LogP) is 0.209. The summed E-state index contributed by atoms with van der Waals surface area (Å²) >= 11 is 0. The Balaban J connectivity index is 2.09. The first kappa shape index (κ1) is 11.6. The SMILES string of the molecule is COC1CCN(S(=O)(=O)c2ccn[nH]2)CC1. The number of aromatic nitrogens is 2. The molecule has 2 heterocycles. The summed E-state index contributed by atoms with van der Waals surface area (Å²) in [6.45, 7) is 1.000. The fourth-order valence-electron chi connectivity index (χ4n) is 1.83. The van der Waals surface area contributed by atoms with Gasteiger partial charge in [-0.2, -0.15) is 9.40 Å². The molecule has 0 aliphatic carbocycles. The van der Waals surface area contributed by atoms with Crippen molar-refractivity contribution in [2.24, 2.45) is 0 Å². The van der Waals surface area contributed by atoms with Crippen LogP contribution >= 0.6 is 0 Å². The molecule has 0 saturated carbocycles. The molecule has 1 fully saturated rings. The second kappa shape index (κ2) is 4.52. The molecule has 1 N–H and O–H groups in total.